The first-order chi connectivity index (χ1) is 16.4. The Morgan fingerprint density at radius 2 is 1.56 bits per heavy atom. The fraction of sp³-hybridized carbons (Fsp3) is 0.464. The van der Waals surface area contributed by atoms with Gasteiger partial charge in [0.05, 0.1) is 26.0 Å². The van der Waals surface area contributed by atoms with E-state index >= 15 is 0 Å². The number of oxime groups is 1. The largest absolute Gasteiger partial charge is 0.496 e. The molecule has 0 spiro atoms. The van der Waals surface area contributed by atoms with Gasteiger partial charge in [-0.25, -0.2) is 0 Å². The molecule has 0 aliphatic rings. The van der Waals surface area contributed by atoms with Gasteiger partial charge >= 0.3 is 0 Å². The molecule has 0 fully saturated rings. The second-order valence-corrected chi connectivity index (χ2v) is 8.15. The van der Waals surface area contributed by atoms with Crippen molar-refractivity contribution in [3.63, 3.8) is 0 Å². The van der Waals surface area contributed by atoms with E-state index in [1.165, 1.54) is 7.11 Å². The van der Waals surface area contributed by atoms with Gasteiger partial charge in [0.15, 0.2) is 0 Å². The van der Waals surface area contributed by atoms with Crippen LogP contribution in [0.25, 0.3) is 0 Å². The number of rotatable bonds is 14. The Hall–Kier alpha value is -3.15. The Morgan fingerprint density at radius 1 is 0.882 bits per heavy atom. The SMILES string of the molecule is C/C=C/COc1cc(C)c(OCCCCCOc2ccc(/C(C)=N/OC)c(OC)c2C)c(C)c1. The van der Waals surface area contributed by atoms with Gasteiger partial charge in [0.25, 0.3) is 0 Å². The smallest absolute Gasteiger partial charge is 0.134 e. The number of hydrogen-bond donors (Lipinski definition) is 0. The van der Waals surface area contributed by atoms with E-state index < -0.39 is 0 Å². The summed E-state index contributed by atoms with van der Waals surface area (Å²) in [5.41, 5.74) is 4.80. The number of hydrogen-bond acceptors (Lipinski definition) is 6. The van der Waals surface area contributed by atoms with Crippen LogP contribution in [-0.4, -0.2) is 39.8 Å². The highest BCUT2D eigenvalue weighted by Crippen LogP contribution is 2.32. The minimum Gasteiger partial charge on any atom is -0.496 e. The summed E-state index contributed by atoms with van der Waals surface area (Å²) in [4.78, 5) is 4.89. The van der Waals surface area contributed by atoms with Crippen LogP contribution in [0.15, 0.2) is 41.6 Å². The van der Waals surface area contributed by atoms with E-state index in [-0.39, 0.29) is 0 Å². The third-order valence-corrected chi connectivity index (χ3v) is 5.49. The molecule has 0 aliphatic heterocycles. The van der Waals surface area contributed by atoms with Crippen molar-refractivity contribution in [3.8, 4) is 23.0 Å². The average Bonchev–Trinajstić information content (AvgIpc) is 2.80. The third-order valence-electron chi connectivity index (χ3n) is 5.49. The van der Waals surface area contributed by atoms with Gasteiger partial charge in [0.1, 0.15) is 36.7 Å². The zero-order valence-electron chi connectivity index (χ0n) is 21.7. The summed E-state index contributed by atoms with van der Waals surface area (Å²) in [6, 6.07) is 7.98. The van der Waals surface area contributed by atoms with E-state index in [0.29, 0.717) is 19.8 Å². The van der Waals surface area contributed by atoms with Crippen LogP contribution in [0.5, 0.6) is 23.0 Å². The Balaban J connectivity index is 1.79. The van der Waals surface area contributed by atoms with Gasteiger partial charge in [-0.3, -0.25) is 0 Å². The topological polar surface area (TPSA) is 58.5 Å². The Kier molecular flexibility index (Phi) is 11.3. The third kappa shape index (κ3) is 7.72. The molecule has 0 aromatic heterocycles. The molecule has 6 nitrogen and oxygen atoms in total. The van der Waals surface area contributed by atoms with Gasteiger partial charge in [-0.15, -0.1) is 0 Å². The van der Waals surface area contributed by atoms with Gasteiger partial charge in [0, 0.05) is 11.1 Å². The molecule has 34 heavy (non-hydrogen) atoms. The number of ether oxygens (including phenoxy) is 4. The van der Waals surface area contributed by atoms with Gasteiger partial charge in [-0.1, -0.05) is 17.3 Å². The van der Waals surface area contributed by atoms with E-state index in [2.05, 4.69) is 19.0 Å². The Bertz CT molecular complexity index is 958. The van der Waals surface area contributed by atoms with E-state index in [1.54, 1.807) is 7.11 Å². The molecular weight excluding hydrogens is 430 g/mol. The molecule has 0 saturated carbocycles. The number of unbranched alkanes of at least 4 members (excludes halogenated alkanes) is 2. The van der Waals surface area contributed by atoms with Crippen LogP contribution < -0.4 is 18.9 Å². The minimum atomic E-state index is 0.579. The van der Waals surface area contributed by atoms with Crippen LogP contribution in [-0.2, 0) is 4.84 Å². The highest BCUT2D eigenvalue weighted by atomic mass is 16.6. The monoisotopic (exact) mass is 469 g/mol. The molecule has 0 bridgehead atoms. The zero-order chi connectivity index (χ0) is 24.9. The molecule has 2 aromatic carbocycles. The molecule has 186 valence electrons. The van der Waals surface area contributed by atoms with Crippen LogP contribution >= 0.6 is 0 Å². The fourth-order valence-electron chi connectivity index (χ4n) is 3.76. The lowest BCUT2D eigenvalue weighted by molar-refractivity contribution is 0.213. The van der Waals surface area contributed by atoms with Crippen LogP contribution in [0, 0.1) is 20.8 Å². The molecule has 0 saturated heterocycles. The van der Waals surface area contributed by atoms with E-state index in [4.69, 9.17) is 23.8 Å². The lowest BCUT2D eigenvalue weighted by Crippen LogP contribution is -2.06. The lowest BCUT2D eigenvalue weighted by atomic mass is 10.1. The van der Waals surface area contributed by atoms with Crippen LogP contribution in [0.2, 0.25) is 0 Å². The molecule has 0 heterocycles. The molecular formula is C28H39NO5. The van der Waals surface area contributed by atoms with Crippen molar-refractivity contribution >= 4 is 5.71 Å². The van der Waals surface area contributed by atoms with Gasteiger partial charge < -0.3 is 23.8 Å². The number of nitrogens with zero attached hydrogens (tertiary/aromatic N) is 1. The first kappa shape index (κ1) is 27.1. The molecule has 2 aromatic rings. The molecule has 0 N–H and O–H groups in total. The summed E-state index contributed by atoms with van der Waals surface area (Å²) in [5, 5.41) is 4.01. The number of aryl methyl sites for hydroxylation is 2. The quantitative estimate of drug-likeness (QED) is 0.135. The van der Waals surface area contributed by atoms with Crippen molar-refractivity contribution in [2.75, 3.05) is 34.0 Å². The van der Waals surface area contributed by atoms with E-state index in [0.717, 1.165) is 70.2 Å². The summed E-state index contributed by atoms with van der Waals surface area (Å²) in [6.45, 7) is 11.9. The second-order valence-electron chi connectivity index (χ2n) is 8.15. The van der Waals surface area contributed by atoms with Gasteiger partial charge in [-0.05, 0) is 89.3 Å². The average molecular weight is 470 g/mol. The summed E-state index contributed by atoms with van der Waals surface area (Å²) in [5.74, 6) is 3.40. The minimum absolute atomic E-state index is 0.579. The number of allylic oxidation sites excluding steroid dienone is 1. The molecule has 0 amide bonds. The van der Waals surface area contributed by atoms with E-state index in [9.17, 15) is 0 Å². The molecule has 0 radical (unpaired) electrons. The molecule has 0 aliphatic carbocycles. The Labute approximate surface area is 204 Å². The summed E-state index contributed by atoms with van der Waals surface area (Å²) < 4.78 is 23.4. The predicted octanol–water partition coefficient (Wildman–Crippen LogP) is 6.57. The van der Waals surface area contributed by atoms with Crippen LogP contribution in [0.4, 0.5) is 0 Å². The van der Waals surface area contributed by atoms with Gasteiger partial charge in [0.2, 0.25) is 0 Å². The maximum Gasteiger partial charge on any atom is 0.134 e. The molecule has 6 heteroatoms. The van der Waals surface area contributed by atoms with Crippen molar-refractivity contribution in [1.82, 2.24) is 0 Å². The second kappa shape index (κ2) is 14.2. The lowest BCUT2D eigenvalue weighted by Gasteiger charge is -2.16. The Morgan fingerprint density at radius 3 is 2.18 bits per heavy atom. The summed E-state index contributed by atoms with van der Waals surface area (Å²) >= 11 is 0. The maximum atomic E-state index is 6.07. The summed E-state index contributed by atoms with van der Waals surface area (Å²) in [7, 11) is 3.19. The maximum absolute atomic E-state index is 6.07. The van der Waals surface area contributed by atoms with Gasteiger partial charge in [-0.2, -0.15) is 0 Å². The van der Waals surface area contributed by atoms with Crippen LogP contribution in [0.3, 0.4) is 0 Å². The first-order valence-corrected chi connectivity index (χ1v) is 11.8. The predicted molar refractivity (Wildman–Crippen MR) is 138 cm³/mol. The first-order valence-electron chi connectivity index (χ1n) is 11.8. The normalized spacial score (nSPS) is 11.6. The number of methoxy groups -OCH3 is 1. The standard InChI is InChI=1S/C28H39NO5/c1-8-9-15-32-24-18-20(2)27(21(3)19-24)34-17-12-10-11-16-33-26-14-13-25(23(5)29-31-7)28(30-6)22(26)4/h8-9,13-14,18-19H,10-12,15-17H2,1-7H3/b9-8+,29-23+. The summed E-state index contributed by atoms with van der Waals surface area (Å²) in [6.07, 6.45) is 6.92. The van der Waals surface area contributed by atoms with E-state index in [1.807, 2.05) is 57.2 Å². The molecule has 0 atom stereocenters. The van der Waals surface area contributed by atoms with Crippen molar-refractivity contribution < 1.29 is 23.8 Å². The fourth-order valence-corrected chi connectivity index (χ4v) is 3.76. The van der Waals surface area contributed by atoms with Crippen LogP contribution in [0.1, 0.15) is 55.4 Å². The van der Waals surface area contributed by atoms with Crippen molar-refractivity contribution in [2.24, 2.45) is 5.16 Å². The highest BCUT2D eigenvalue weighted by molar-refractivity contribution is 6.01. The van der Waals surface area contributed by atoms with Crippen molar-refractivity contribution in [3.05, 3.63) is 58.7 Å². The molecule has 0 unspecified atom stereocenters. The van der Waals surface area contributed by atoms with Crippen molar-refractivity contribution in [2.45, 2.75) is 53.9 Å². The highest BCUT2D eigenvalue weighted by Gasteiger charge is 2.14. The van der Waals surface area contributed by atoms with Crippen molar-refractivity contribution in [1.29, 1.82) is 0 Å². The molecule has 2 rings (SSSR count). The number of benzene rings is 2. The zero-order valence-corrected chi connectivity index (χ0v) is 21.7.